The smallest absolute Gasteiger partial charge is 0.330 e. The molecule has 0 saturated carbocycles. The SMILES string of the molecule is C=CC=C.CC=C(C)C(=O)O.O=C(O)C=CC(=O)O. The lowest BCUT2D eigenvalue weighted by Gasteiger charge is -1.84. The summed E-state index contributed by atoms with van der Waals surface area (Å²) in [5.74, 6) is -3.36. The first kappa shape index (κ1) is 21.6. The fourth-order valence-corrected chi connectivity index (χ4v) is 0.266. The van der Waals surface area contributed by atoms with E-state index in [4.69, 9.17) is 15.3 Å². The predicted molar refractivity (Wildman–Crippen MR) is 71.9 cm³/mol. The highest BCUT2D eigenvalue weighted by molar-refractivity contribution is 5.89. The van der Waals surface area contributed by atoms with Crippen LogP contribution < -0.4 is 0 Å². The number of allylic oxidation sites excluding steroid dienone is 3. The Kier molecular flexibility index (Phi) is 17.5. The number of carbonyl (C=O) groups is 3. The molecule has 0 aliphatic rings. The molecule has 6 nitrogen and oxygen atoms in total. The summed E-state index contributed by atoms with van der Waals surface area (Å²) in [5, 5.41) is 23.7. The fourth-order valence-electron chi connectivity index (χ4n) is 0.266. The minimum Gasteiger partial charge on any atom is -0.478 e. The Bertz CT molecular complexity index is 355. The molecule has 3 N–H and O–H groups in total. The first-order valence-electron chi connectivity index (χ1n) is 4.96. The molecule has 0 aromatic rings. The van der Waals surface area contributed by atoms with E-state index in [-0.39, 0.29) is 0 Å². The zero-order valence-corrected chi connectivity index (χ0v) is 10.9. The van der Waals surface area contributed by atoms with Gasteiger partial charge in [0.2, 0.25) is 0 Å². The van der Waals surface area contributed by atoms with Crippen LogP contribution in [0.3, 0.4) is 0 Å². The van der Waals surface area contributed by atoms with Crippen LogP contribution in [0.25, 0.3) is 0 Å². The second-order valence-electron chi connectivity index (χ2n) is 2.76. The van der Waals surface area contributed by atoms with E-state index >= 15 is 0 Å². The molecule has 106 valence electrons. The third kappa shape index (κ3) is 31.3. The maximum atomic E-state index is 9.86. The quantitative estimate of drug-likeness (QED) is 0.532. The fraction of sp³-hybridized carbons (Fsp3) is 0.154. The lowest BCUT2D eigenvalue weighted by atomic mass is 10.3. The number of carboxylic acids is 3. The zero-order valence-electron chi connectivity index (χ0n) is 10.9. The van der Waals surface area contributed by atoms with E-state index in [0.29, 0.717) is 17.7 Å². The number of hydrogen-bond donors (Lipinski definition) is 3. The molecule has 0 spiro atoms. The van der Waals surface area contributed by atoms with Gasteiger partial charge >= 0.3 is 17.9 Å². The Labute approximate surface area is 111 Å². The van der Waals surface area contributed by atoms with E-state index in [1.807, 2.05) is 0 Å². The zero-order chi connectivity index (χ0) is 15.8. The summed E-state index contributed by atoms with van der Waals surface area (Å²) in [5.41, 5.74) is 0.389. The van der Waals surface area contributed by atoms with Crippen molar-refractivity contribution in [3.63, 3.8) is 0 Å². The standard InChI is InChI=1S/C5H8O2.C4H4O4.C4H6/c1-3-4(2)5(6)7;5-3(6)1-2-4(7)8;1-3-4-2/h3H,1-2H3,(H,6,7);1-2H,(H,5,6)(H,7,8);3-4H,1-2H2. The van der Waals surface area contributed by atoms with E-state index < -0.39 is 17.9 Å². The van der Waals surface area contributed by atoms with Gasteiger partial charge in [-0.25, -0.2) is 14.4 Å². The minimum atomic E-state index is -1.26. The molecule has 0 rings (SSSR count). The summed E-state index contributed by atoms with van der Waals surface area (Å²) < 4.78 is 0. The molecule has 0 amide bonds. The van der Waals surface area contributed by atoms with Crippen molar-refractivity contribution in [1.29, 1.82) is 0 Å². The van der Waals surface area contributed by atoms with E-state index in [2.05, 4.69) is 13.2 Å². The van der Waals surface area contributed by atoms with Gasteiger partial charge in [-0.1, -0.05) is 31.4 Å². The summed E-state index contributed by atoms with van der Waals surface area (Å²) in [4.78, 5) is 29.0. The Morgan fingerprint density at radius 2 is 1.21 bits per heavy atom. The van der Waals surface area contributed by atoms with Gasteiger partial charge in [0.1, 0.15) is 0 Å². The molecule has 0 atom stereocenters. The molecule has 0 aliphatic heterocycles. The van der Waals surface area contributed by atoms with Crippen LogP contribution in [-0.4, -0.2) is 33.2 Å². The summed E-state index contributed by atoms with van der Waals surface area (Å²) in [6, 6.07) is 0. The van der Waals surface area contributed by atoms with E-state index in [9.17, 15) is 14.4 Å². The molecule has 19 heavy (non-hydrogen) atoms. The van der Waals surface area contributed by atoms with Gasteiger partial charge in [-0.2, -0.15) is 0 Å². The minimum absolute atomic E-state index is 0.389. The Morgan fingerprint density at radius 1 is 0.895 bits per heavy atom. The van der Waals surface area contributed by atoms with E-state index in [1.165, 1.54) is 0 Å². The molecule has 0 aliphatic carbocycles. The van der Waals surface area contributed by atoms with E-state index in [0.717, 1.165) is 0 Å². The van der Waals surface area contributed by atoms with Crippen molar-refractivity contribution < 1.29 is 29.7 Å². The lowest BCUT2D eigenvalue weighted by Crippen LogP contribution is -1.93. The van der Waals surface area contributed by atoms with Gasteiger partial charge in [-0.05, 0) is 13.8 Å². The number of rotatable bonds is 4. The molecule has 0 saturated heterocycles. The van der Waals surface area contributed by atoms with Crippen molar-refractivity contribution in [1.82, 2.24) is 0 Å². The summed E-state index contributed by atoms with van der Waals surface area (Å²) in [7, 11) is 0. The van der Waals surface area contributed by atoms with Crippen LogP contribution in [0.1, 0.15) is 13.8 Å². The third-order valence-electron chi connectivity index (χ3n) is 1.31. The van der Waals surface area contributed by atoms with Crippen LogP contribution in [0.2, 0.25) is 0 Å². The first-order chi connectivity index (χ1) is 8.72. The highest BCUT2D eigenvalue weighted by Gasteiger charge is 1.93. The molecule has 0 heterocycles. The Hall–Kier alpha value is -2.63. The van der Waals surface area contributed by atoms with Gasteiger partial charge in [0, 0.05) is 17.7 Å². The average molecular weight is 270 g/mol. The molecular formula is C13H18O6. The van der Waals surface area contributed by atoms with E-state index in [1.54, 1.807) is 32.1 Å². The van der Waals surface area contributed by atoms with Crippen LogP contribution in [0.4, 0.5) is 0 Å². The molecule has 6 heteroatoms. The Balaban J connectivity index is -0.000000214. The van der Waals surface area contributed by atoms with Crippen LogP contribution in [0.15, 0.2) is 49.1 Å². The summed E-state index contributed by atoms with van der Waals surface area (Å²) >= 11 is 0. The highest BCUT2D eigenvalue weighted by atomic mass is 16.4. The molecular weight excluding hydrogens is 252 g/mol. The maximum Gasteiger partial charge on any atom is 0.330 e. The Morgan fingerprint density at radius 3 is 1.26 bits per heavy atom. The molecule has 0 unspecified atom stereocenters. The molecule has 0 aromatic heterocycles. The molecule has 0 radical (unpaired) electrons. The van der Waals surface area contributed by atoms with Gasteiger partial charge in [0.15, 0.2) is 0 Å². The third-order valence-corrected chi connectivity index (χ3v) is 1.31. The van der Waals surface area contributed by atoms with Gasteiger partial charge in [-0.15, -0.1) is 0 Å². The van der Waals surface area contributed by atoms with Crippen LogP contribution in [0.5, 0.6) is 0 Å². The molecule has 0 fully saturated rings. The second kappa shape index (κ2) is 15.4. The number of aliphatic carboxylic acids is 3. The first-order valence-corrected chi connectivity index (χ1v) is 4.96. The molecule has 0 bridgehead atoms. The van der Waals surface area contributed by atoms with Crippen molar-refractivity contribution in [2.75, 3.05) is 0 Å². The van der Waals surface area contributed by atoms with Crippen molar-refractivity contribution in [2.24, 2.45) is 0 Å². The summed E-state index contributed by atoms with van der Waals surface area (Å²) in [6.45, 7) is 9.98. The monoisotopic (exact) mass is 270 g/mol. The van der Waals surface area contributed by atoms with Crippen molar-refractivity contribution in [3.8, 4) is 0 Å². The maximum absolute atomic E-state index is 9.86. The number of carboxylic acid groups (broad SMARTS) is 3. The topological polar surface area (TPSA) is 112 Å². The van der Waals surface area contributed by atoms with Crippen molar-refractivity contribution in [3.05, 3.63) is 49.1 Å². The second-order valence-corrected chi connectivity index (χ2v) is 2.76. The predicted octanol–water partition coefficient (Wildman–Crippen LogP) is 2.11. The van der Waals surface area contributed by atoms with Gasteiger partial charge < -0.3 is 15.3 Å². The van der Waals surface area contributed by atoms with Crippen LogP contribution in [0, 0.1) is 0 Å². The summed E-state index contributed by atoms with van der Waals surface area (Å²) in [6.07, 6.45) is 5.95. The molecule has 0 aromatic carbocycles. The van der Waals surface area contributed by atoms with Gasteiger partial charge in [0.05, 0.1) is 0 Å². The van der Waals surface area contributed by atoms with Crippen LogP contribution >= 0.6 is 0 Å². The normalized spacial score (nSPS) is 9.26. The average Bonchev–Trinajstić information content (AvgIpc) is 2.36. The largest absolute Gasteiger partial charge is 0.478 e. The van der Waals surface area contributed by atoms with Crippen LogP contribution in [-0.2, 0) is 14.4 Å². The van der Waals surface area contributed by atoms with Gasteiger partial charge in [0.25, 0.3) is 0 Å². The van der Waals surface area contributed by atoms with Crippen molar-refractivity contribution >= 4 is 17.9 Å². The van der Waals surface area contributed by atoms with Gasteiger partial charge in [-0.3, -0.25) is 0 Å². The lowest BCUT2D eigenvalue weighted by molar-refractivity contribution is -0.134. The number of hydrogen-bond acceptors (Lipinski definition) is 3. The highest BCUT2D eigenvalue weighted by Crippen LogP contribution is 1.87. The van der Waals surface area contributed by atoms with Crippen molar-refractivity contribution in [2.45, 2.75) is 13.8 Å².